The summed E-state index contributed by atoms with van der Waals surface area (Å²) in [4.78, 5) is 13.7. The fourth-order valence-electron chi connectivity index (χ4n) is 3.84. The van der Waals surface area contributed by atoms with Crippen molar-refractivity contribution in [3.05, 3.63) is 144 Å². The van der Waals surface area contributed by atoms with Gasteiger partial charge < -0.3 is 0 Å². The predicted octanol–water partition coefficient (Wildman–Crippen LogP) is 6.49. The largest absolute Gasteiger partial charge is 0.293 e. The average Bonchev–Trinajstić information content (AvgIpc) is 2.79. The fraction of sp³-hybridized carbons (Fsp3) is 0.0741. The fourth-order valence-corrected chi connectivity index (χ4v) is 3.84. The maximum Gasteiger partial charge on any atom is 0.171 e. The Hall–Kier alpha value is -3.45. The number of benzene rings is 4. The van der Waals surface area contributed by atoms with Crippen molar-refractivity contribution in [3.63, 3.8) is 0 Å². The molecule has 0 radical (unpaired) electrons. The molecule has 0 spiro atoms. The lowest BCUT2D eigenvalue weighted by molar-refractivity contribution is 0.0951. The van der Waals surface area contributed by atoms with Crippen LogP contribution in [0, 0.1) is 0 Å². The molecule has 0 amide bonds. The first-order chi connectivity index (χ1) is 13.8. The van der Waals surface area contributed by atoms with Crippen LogP contribution in [-0.4, -0.2) is 5.78 Å². The lowest BCUT2D eigenvalue weighted by atomic mass is 9.74. The summed E-state index contributed by atoms with van der Waals surface area (Å²) in [6, 6.07) is 40.4. The first kappa shape index (κ1) is 17.9. The van der Waals surface area contributed by atoms with E-state index in [1.54, 1.807) is 0 Å². The standard InChI is InChI=1S/C27H22O/c28-27(24-19-11-4-12-20-24)26(23-17-9-3-10-18-23)25(21-13-5-1-6-14-21)22-15-7-2-8-16-22/h1-20,25-26H/t26-/m1/s1. The highest BCUT2D eigenvalue weighted by atomic mass is 16.1. The minimum Gasteiger partial charge on any atom is -0.293 e. The Morgan fingerprint density at radius 2 is 0.821 bits per heavy atom. The molecule has 0 bridgehead atoms. The van der Waals surface area contributed by atoms with Crippen LogP contribution in [-0.2, 0) is 0 Å². The molecule has 1 heteroatoms. The third-order valence-corrected chi connectivity index (χ3v) is 5.15. The smallest absolute Gasteiger partial charge is 0.171 e. The molecule has 28 heavy (non-hydrogen) atoms. The van der Waals surface area contributed by atoms with Gasteiger partial charge in [0.25, 0.3) is 0 Å². The van der Waals surface area contributed by atoms with Crippen LogP contribution in [0.5, 0.6) is 0 Å². The van der Waals surface area contributed by atoms with Gasteiger partial charge in [-0.1, -0.05) is 121 Å². The molecular formula is C27H22O. The number of carbonyl (C=O) groups excluding carboxylic acids is 1. The molecule has 0 fully saturated rings. The Morgan fingerprint density at radius 1 is 0.464 bits per heavy atom. The molecule has 136 valence electrons. The molecule has 0 heterocycles. The first-order valence-corrected chi connectivity index (χ1v) is 9.58. The van der Waals surface area contributed by atoms with Crippen LogP contribution in [0.3, 0.4) is 0 Å². The van der Waals surface area contributed by atoms with Crippen molar-refractivity contribution in [3.8, 4) is 0 Å². The van der Waals surface area contributed by atoms with E-state index in [9.17, 15) is 4.79 Å². The number of Topliss-reactive ketones (excluding diaryl/α,β-unsaturated/α-hetero) is 1. The molecular weight excluding hydrogens is 340 g/mol. The zero-order chi connectivity index (χ0) is 19.2. The van der Waals surface area contributed by atoms with E-state index >= 15 is 0 Å². The van der Waals surface area contributed by atoms with Gasteiger partial charge in [-0.05, 0) is 16.7 Å². The maximum absolute atomic E-state index is 13.7. The van der Waals surface area contributed by atoms with E-state index in [0.29, 0.717) is 0 Å². The highest BCUT2D eigenvalue weighted by molar-refractivity contribution is 6.02. The van der Waals surface area contributed by atoms with Crippen LogP contribution >= 0.6 is 0 Å². The molecule has 0 N–H and O–H groups in total. The second kappa shape index (κ2) is 8.49. The SMILES string of the molecule is O=C(c1ccccc1)[C@H](c1ccccc1)C(c1ccccc1)c1ccccc1. The monoisotopic (exact) mass is 362 g/mol. The van der Waals surface area contributed by atoms with Crippen molar-refractivity contribution >= 4 is 5.78 Å². The quantitative estimate of drug-likeness (QED) is 0.359. The molecule has 0 saturated heterocycles. The predicted molar refractivity (Wildman–Crippen MR) is 115 cm³/mol. The summed E-state index contributed by atoms with van der Waals surface area (Å²) in [5, 5.41) is 0. The molecule has 4 rings (SSSR count). The summed E-state index contributed by atoms with van der Waals surface area (Å²) >= 11 is 0. The van der Waals surface area contributed by atoms with Gasteiger partial charge in [0.05, 0.1) is 5.92 Å². The van der Waals surface area contributed by atoms with Gasteiger partial charge in [0.2, 0.25) is 0 Å². The second-order valence-electron chi connectivity index (χ2n) is 6.92. The van der Waals surface area contributed by atoms with Gasteiger partial charge in [-0.25, -0.2) is 0 Å². The summed E-state index contributed by atoms with van der Waals surface area (Å²) in [6.07, 6.45) is 0. The van der Waals surface area contributed by atoms with Crippen molar-refractivity contribution < 1.29 is 4.79 Å². The number of ketones is 1. The van der Waals surface area contributed by atoms with Crippen LogP contribution < -0.4 is 0 Å². The minimum atomic E-state index is -0.298. The lowest BCUT2D eigenvalue weighted by Gasteiger charge is -2.28. The van der Waals surface area contributed by atoms with Crippen LogP contribution in [0.1, 0.15) is 38.9 Å². The van der Waals surface area contributed by atoms with Crippen molar-refractivity contribution in [2.24, 2.45) is 0 Å². The molecule has 1 nitrogen and oxygen atoms in total. The van der Waals surface area contributed by atoms with E-state index in [1.165, 1.54) is 0 Å². The van der Waals surface area contributed by atoms with E-state index in [1.807, 2.05) is 84.9 Å². The third-order valence-electron chi connectivity index (χ3n) is 5.15. The maximum atomic E-state index is 13.7. The van der Waals surface area contributed by atoms with Crippen molar-refractivity contribution in [1.29, 1.82) is 0 Å². The van der Waals surface area contributed by atoms with Crippen LogP contribution in [0.2, 0.25) is 0 Å². The van der Waals surface area contributed by atoms with Gasteiger partial charge in [0.1, 0.15) is 0 Å². The van der Waals surface area contributed by atoms with Crippen molar-refractivity contribution in [2.75, 3.05) is 0 Å². The molecule has 0 aliphatic heterocycles. The number of hydrogen-bond acceptors (Lipinski definition) is 1. The minimum absolute atomic E-state index is 0.0579. The van der Waals surface area contributed by atoms with Gasteiger partial charge in [-0.3, -0.25) is 4.79 Å². The molecule has 1 atom stereocenters. The molecule has 0 aliphatic rings. The van der Waals surface area contributed by atoms with E-state index in [0.717, 1.165) is 22.3 Å². The average molecular weight is 362 g/mol. The third kappa shape index (κ3) is 3.79. The van der Waals surface area contributed by atoms with Gasteiger partial charge in [-0.15, -0.1) is 0 Å². The topological polar surface area (TPSA) is 17.1 Å². The number of hydrogen-bond donors (Lipinski definition) is 0. The Bertz CT molecular complexity index is 969. The normalized spacial score (nSPS) is 11.9. The Morgan fingerprint density at radius 3 is 1.25 bits per heavy atom. The molecule has 0 saturated carbocycles. The Balaban J connectivity index is 1.90. The molecule has 0 unspecified atom stereocenters. The van der Waals surface area contributed by atoms with Crippen molar-refractivity contribution in [1.82, 2.24) is 0 Å². The Kier molecular flexibility index (Phi) is 5.44. The van der Waals surface area contributed by atoms with Crippen LogP contribution in [0.15, 0.2) is 121 Å². The summed E-state index contributed by atoms with van der Waals surface area (Å²) < 4.78 is 0. The van der Waals surface area contributed by atoms with Crippen LogP contribution in [0.25, 0.3) is 0 Å². The zero-order valence-electron chi connectivity index (χ0n) is 15.6. The summed E-state index contributed by atoms with van der Waals surface area (Å²) in [5.74, 6) is -0.213. The highest BCUT2D eigenvalue weighted by Gasteiger charge is 2.32. The number of carbonyl (C=O) groups is 1. The summed E-state index contributed by atoms with van der Waals surface area (Å²) in [7, 11) is 0. The zero-order valence-corrected chi connectivity index (χ0v) is 15.6. The van der Waals surface area contributed by atoms with Crippen LogP contribution in [0.4, 0.5) is 0 Å². The first-order valence-electron chi connectivity index (χ1n) is 9.58. The molecule has 0 aliphatic carbocycles. The molecule has 4 aromatic carbocycles. The summed E-state index contributed by atoms with van der Waals surface area (Å²) in [6.45, 7) is 0. The van der Waals surface area contributed by atoms with E-state index in [2.05, 4.69) is 36.4 Å². The van der Waals surface area contributed by atoms with Gasteiger partial charge >= 0.3 is 0 Å². The lowest BCUT2D eigenvalue weighted by Crippen LogP contribution is -2.22. The van der Waals surface area contributed by atoms with E-state index in [-0.39, 0.29) is 17.6 Å². The van der Waals surface area contributed by atoms with E-state index in [4.69, 9.17) is 0 Å². The number of rotatable bonds is 6. The van der Waals surface area contributed by atoms with Crippen molar-refractivity contribution in [2.45, 2.75) is 11.8 Å². The van der Waals surface area contributed by atoms with Gasteiger partial charge in [0.15, 0.2) is 5.78 Å². The van der Waals surface area contributed by atoms with E-state index < -0.39 is 0 Å². The van der Waals surface area contributed by atoms with Gasteiger partial charge in [0, 0.05) is 11.5 Å². The molecule has 4 aromatic rings. The highest BCUT2D eigenvalue weighted by Crippen LogP contribution is 2.40. The Labute approximate surface area is 166 Å². The molecule has 0 aromatic heterocycles. The summed E-state index contributed by atoms with van der Waals surface area (Å²) in [5.41, 5.74) is 4.07. The van der Waals surface area contributed by atoms with Gasteiger partial charge in [-0.2, -0.15) is 0 Å². The second-order valence-corrected chi connectivity index (χ2v) is 6.92.